The number of fused-ring (bicyclic) bond motifs is 8. The van der Waals surface area contributed by atoms with E-state index in [9.17, 15) is 0 Å². The molecular weight excluding hydrogens is 945 g/mol. The van der Waals surface area contributed by atoms with Crippen molar-refractivity contribution in [3.05, 3.63) is 279 Å². The van der Waals surface area contributed by atoms with Crippen LogP contribution >= 0.6 is 0 Å². The van der Waals surface area contributed by atoms with Crippen LogP contribution in [-0.4, -0.2) is 19.9 Å². The van der Waals surface area contributed by atoms with Crippen LogP contribution in [0.3, 0.4) is 0 Å². The maximum absolute atomic E-state index is 5.36. The maximum Gasteiger partial charge on any atom is 0.0978 e. The minimum absolute atomic E-state index is 0.890. The molecule has 4 heterocycles. The molecule has 15 rings (SSSR count). The molecule has 0 amide bonds. The summed E-state index contributed by atoms with van der Waals surface area (Å²) in [6.45, 7) is 0. The Morgan fingerprint density at radius 1 is 0.192 bits per heavy atom. The van der Waals surface area contributed by atoms with Gasteiger partial charge in [-0.2, -0.15) is 0 Å². The number of pyridine rings is 4. The Labute approximate surface area is 451 Å². The zero-order valence-corrected chi connectivity index (χ0v) is 42.3. The number of aromatic nitrogens is 4. The van der Waals surface area contributed by atoms with Crippen molar-refractivity contribution >= 4 is 65.2 Å². The number of hydrogen-bond acceptors (Lipinski definition) is 4. The standard InChI is InChI=1S/C74H46N4/c1-5-17-47(18-6-1)55-41-43-75-71-61(55)37-39-63-65(45-67(77-73(63)71)51-21-9-3-10-22-51)49-29-33-53(34-30-49)69-57-25-13-15-27-59(57)70(60-28-16-14-26-58(60)69)54-35-31-50(32-36-54)66-46-68(52-23-11-4-12-24-52)78-74-64(66)40-38-62-56(42-44-76-72(62)74)48-19-7-2-8-20-48/h1-46H. The Morgan fingerprint density at radius 3 is 0.821 bits per heavy atom. The summed E-state index contributed by atoms with van der Waals surface area (Å²) in [4.78, 5) is 20.7. The summed E-state index contributed by atoms with van der Waals surface area (Å²) in [6.07, 6.45) is 3.83. The van der Waals surface area contributed by atoms with Gasteiger partial charge < -0.3 is 0 Å². The van der Waals surface area contributed by atoms with E-state index in [1.165, 1.54) is 32.7 Å². The highest BCUT2D eigenvalue weighted by atomic mass is 14.8. The van der Waals surface area contributed by atoms with Gasteiger partial charge in [0.25, 0.3) is 0 Å². The molecule has 0 atom stereocenters. The summed E-state index contributed by atoms with van der Waals surface area (Å²) in [6, 6.07) is 95.7. The zero-order chi connectivity index (χ0) is 51.5. The van der Waals surface area contributed by atoms with Crippen LogP contribution < -0.4 is 0 Å². The van der Waals surface area contributed by atoms with E-state index in [0.29, 0.717) is 0 Å². The Bertz CT molecular complexity index is 4430. The molecule has 0 unspecified atom stereocenters. The number of benzene rings is 11. The number of rotatable bonds is 8. The van der Waals surface area contributed by atoms with Crippen LogP contribution in [0.1, 0.15) is 0 Å². The molecule has 0 spiro atoms. The van der Waals surface area contributed by atoms with E-state index in [1.54, 1.807) is 0 Å². The van der Waals surface area contributed by atoms with Gasteiger partial charge in [-0.3, -0.25) is 9.97 Å². The SMILES string of the molecule is c1ccc(-c2cc(-c3ccc(-c4c5ccccc5c(-c5ccc(-c6cc(-c7ccccc7)nc7c6ccc6c(-c8ccccc8)ccnc67)cc5)c5ccccc45)cc3)c3ccc4c(-c5ccccc5)ccnc4c3n2)cc1. The van der Waals surface area contributed by atoms with E-state index < -0.39 is 0 Å². The molecule has 15 aromatic rings. The van der Waals surface area contributed by atoms with Crippen molar-refractivity contribution in [3.8, 4) is 89.3 Å². The van der Waals surface area contributed by atoms with Gasteiger partial charge in [-0.05, 0) is 113 Å². The van der Waals surface area contributed by atoms with Gasteiger partial charge in [0.2, 0.25) is 0 Å². The molecule has 4 heteroatoms. The highest BCUT2D eigenvalue weighted by Crippen LogP contribution is 2.46. The van der Waals surface area contributed by atoms with Crippen LogP contribution in [0.25, 0.3) is 154 Å². The van der Waals surface area contributed by atoms with Gasteiger partial charge in [-0.1, -0.05) is 243 Å². The molecule has 0 N–H and O–H groups in total. The molecule has 4 aromatic heterocycles. The van der Waals surface area contributed by atoms with E-state index in [0.717, 1.165) is 122 Å². The Balaban J connectivity index is 0.850. The van der Waals surface area contributed by atoms with Crippen molar-refractivity contribution in [3.63, 3.8) is 0 Å². The zero-order valence-electron chi connectivity index (χ0n) is 42.3. The summed E-state index contributed by atoms with van der Waals surface area (Å²) in [5.41, 5.74) is 21.3. The quantitative estimate of drug-likeness (QED) is 0.112. The smallest absolute Gasteiger partial charge is 0.0978 e. The van der Waals surface area contributed by atoms with E-state index in [4.69, 9.17) is 19.9 Å². The molecule has 0 saturated carbocycles. The third-order valence-electron chi connectivity index (χ3n) is 15.6. The highest BCUT2D eigenvalue weighted by molar-refractivity contribution is 6.22. The number of nitrogens with zero attached hydrogens (tertiary/aromatic N) is 4. The van der Waals surface area contributed by atoms with E-state index in [2.05, 4.69) is 267 Å². The molecule has 0 radical (unpaired) electrons. The lowest BCUT2D eigenvalue weighted by Gasteiger charge is -2.18. The van der Waals surface area contributed by atoms with Crippen molar-refractivity contribution in [2.24, 2.45) is 0 Å². The molecule has 78 heavy (non-hydrogen) atoms. The fourth-order valence-corrected chi connectivity index (χ4v) is 11.9. The summed E-state index contributed by atoms with van der Waals surface area (Å²) in [7, 11) is 0. The first-order chi connectivity index (χ1) is 38.7. The Hall–Kier alpha value is -10.4. The summed E-state index contributed by atoms with van der Waals surface area (Å²) in [5.74, 6) is 0. The monoisotopic (exact) mass is 990 g/mol. The first kappa shape index (κ1) is 45.0. The third kappa shape index (κ3) is 7.61. The molecular formula is C74H46N4. The van der Waals surface area contributed by atoms with Crippen LogP contribution in [-0.2, 0) is 0 Å². The maximum atomic E-state index is 5.36. The van der Waals surface area contributed by atoms with E-state index in [1.807, 2.05) is 12.4 Å². The first-order valence-corrected chi connectivity index (χ1v) is 26.5. The van der Waals surface area contributed by atoms with Crippen LogP contribution in [0, 0.1) is 0 Å². The van der Waals surface area contributed by atoms with Crippen LogP contribution in [0.15, 0.2) is 279 Å². The highest BCUT2D eigenvalue weighted by Gasteiger charge is 2.21. The molecule has 0 aliphatic rings. The topological polar surface area (TPSA) is 51.6 Å². The molecule has 11 aromatic carbocycles. The molecule has 0 bridgehead atoms. The van der Waals surface area contributed by atoms with Gasteiger partial charge in [0.1, 0.15) is 0 Å². The average molecular weight is 991 g/mol. The second kappa shape index (κ2) is 18.7. The van der Waals surface area contributed by atoms with Crippen molar-refractivity contribution in [1.29, 1.82) is 0 Å². The van der Waals surface area contributed by atoms with E-state index >= 15 is 0 Å². The van der Waals surface area contributed by atoms with Gasteiger partial charge in [0.15, 0.2) is 0 Å². The predicted octanol–water partition coefficient (Wildman–Crippen LogP) is 19.5. The molecule has 0 saturated heterocycles. The molecule has 362 valence electrons. The molecule has 0 aliphatic heterocycles. The van der Waals surface area contributed by atoms with Gasteiger partial charge in [0, 0.05) is 45.1 Å². The molecule has 0 aliphatic carbocycles. The molecule has 4 nitrogen and oxygen atoms in total. The normalized spacial score (nSPS) is 11.6. The Morgan fingerprint density at radius 2 is 0.474 bits per heavy atom. The second-order valence-electron chi connectivity index (χ2n) is 20.0. The summed E-state index contributed by atoms with van der Waals surface area (Å²) < 4.78 is 0. The first-order valence-electron chi connectivity index (χ1n) is 26.5. The minimum Gasteiger partial charge on any atom is -0.254 e. The van der Waals surface area contributed by atoms with Crippen molar-refractivity contribution in [1.82, 2.24) is 19.9 Å². The third-order valence-corrected chi connectivity index (χ3v) is 15.6. The average Bonchev–Trinajstić information content (AvgIpc) is 3.71. The van der Waals surface area contributed by atoms with Gasteiger partial charge in [-0.15, -0.1) is 0 Å². The van der Waals surface area contributed by atoms with Gasteiger partial charge in [-0.25, -0.2) is 9.97 Å². The van der Waals surface area contributed by atoms with Crippen molar-refractivity contribution < 1.29 is 0 Å². The second-order valence-corrected chi connectivity index (χ2v) is 20.0. The van der Waals surface area contributed by atoms with Crippen molar-refractivity contribution in [2.45, 2.75) is 0 Å². The largest absolute Gasteiger partial charge is 0.254 e. The predicted molar refractivity (Wildman–Crippen MR) is 326 cm³/mol. The summed E-state index contributed by atoms with van der Waals surface area (Å²) >= 11 is 0. The van der Waals surface area contributed by atoms with Crippen LogP contribution in [0.2, 0.25) is 0 Å². The van der Waals surface area contributed by atoms with Crippen molar-refractivity contribution in [2.75, 3.05) is 0 Å². The fraction of sp³-hybridized carbons (Fsp3) is 0. The van der Waals surface area contributed by atoms with Crippen LogP contribution in [0.5, 0.6) is 0 Å². The van der Waals surface area contributed by atoms with Crippen LogP contribution in [0.4, 0.5) is 0 Å². The lowest BCUT2D eigenvalue weighted by molar-refractivity contribution is 1.37. The Kier molecular flexibility index (Phi) is 10.8. The van der Waals surface area contributed by atoms with E-state index in [-0.39, 0.29) is 0 Å². The number of hydrogen-bond donors (Lipinski definition) is 0. The van der Waals surface area contributed by atoms with Gasteiger partial charge >= 0.3 is 0 Å². The summed E-state index contributed by atoms with van der Waals surface area (Å²) in [5, 5.41) is 9.12. The van der Waals surface area contributed by atoms with Gasteiger partial charge in [0.05, 0.1) is 33.5 Å². The fourth-order valence-electron chi connectivity index (χ4n) is 11.9. The lowest BCUT2D eigenvalue weighted by Crippen LogP contribution is -1.94. The lowest BCUT2D eigenvalue weighted by atomic mass is 9.85. The minimum atomic E-state index is 0.890. The molecule has 0 fully saturated rings.